The van der Waals surface area contributed by atoms with E-state index in [0.717, 1.165) is 0 Å². The number of amides is 1. The maximum Gasteiger partial charge on any atom is 0.387 e. The van der Waals surface area contributed by atoms with Gasteiger partial charge in [-0.05, 0) is 54.6 Å². The summed E-state index contributed by atoms with van der Waals surface area (Å²) in [5.41, 5.74) is 0.806. The van der Waals surface area contributed by atoms with Crippen molar-refractivity contribution in [2.75, 3.05) is 10.0 Å². The minimum atomic E-state index is -3.79. The Labute approximate surface area is 166 Å². The molecule has 6 nitrogen and oxygen atoms in total. The van der Waals surface area contributed by atoms with Gasteiger partial charge in [0.05, 0.1) is 4.90 Å². The Morgan fingerprint density at radius 2 is 1.55 bits per heavy atom. The van der Waals surface area contributed by atoms with E-state index in [4.69, 9.17) is 0 Å². The number of ether oxygens (including phenoxy) is 1. The van der Waals surface area contributed by atoms with Crippen LogP contribution in [0, 0.1) is 0 Å². The zero-order valence-electron chi connectivity index (χ0n) is 14.9. The third-order valence-corrected chi connectivity index (χ3v) is 5.17. The number of hydrogen-bond acceptors (Lipinski definition) is 4. The summed E-state index contributed by atoms with van der Waals surface area (Å²) >= 11 is 0. The molecule has 0 aliphatic heterocycles. The molecule has 3 rings (SSSR count). The average Bonchev–Trinajstić information content (AvgIpc) is 2.69. The largest absolute Gasteiger partial charge is 0.435 e. The predicted octanol–water partition coefficient (Wildman–Crippen LogP) is 4.34. The van der Waals surface area contributed by atoms with Crippen molar-refractivity contribution in [2.45, 2.75) is 11.5 Å². The van der Waals surface area contributed by atoms with Crippen LogP contribution < -0.4 is 14.8 Å². The number of carbonyl (C=O) groups excluding carboxylic acids is 1. The number of anilines is 2. The molecule has 0 atom stereocenters. The summed E-state index contributed by atoms with van der Waals surface area (Å²) < 4.78 is 55.8. The molecule has 1 amide bonds. The highest BCUT2D eigenvalue weighted by molar-refractivity contribution is 7.92. The smallest absolute Gasteiger partial charge is 0.387 e. The maximum atomic E-state index is 12.4. The van der Waals surface area contributed by atoms with Gasteiger partial charge >= 0.3 is 6.61 Å². The summed E-state index contributed by atoms with van der Waals surface area (Å²) in [5, 5.41) is 2.60. The lowest BCUT2D eigenvalue weighted by molar-refractivity contribution is -0.0498. The van der Waals surface area contributed by atoms with Gasteiger partial charge in [-0.1, -0.05) is 24.3 Å². The molecule has 29 heavy (non-hydrogen) atoms. The molecule has 9 heteroatoms. The molecule has 0 bridgehead atoms. The van der Waals surface area contributed by atoms with Crippen molar-refractivity contribution in [1.29, 1.82) is 0 Å². The highest BCUT2D eigenvalue weighted by Gasteiger charge is 2.15. The van der Waals surface area contributed by atoms with Crippen molar-refractivity contribution in [3.8, 4) is 5.75 Å². The fourth-order valence-electron chi connectivity index (χ4n) is 2.46. The standard InChI is InChI=1S/C20H16F2N2O4S/c21-20(22)28-17-11-9-15(10-12-17)23-19(25)14-5-4-6-16(13-14)24-29(26,27)18-7-2-1-3-8-18/h1-13,20,24H,(H,23,25). The van der Waals surface area contributed by atoms with Crippen molar-refractivity contribution in [3.05, 3.63) is 84.4 Å². The Hall–Kier alpha value is -3.46. The van der Waals surface area contributed by atoms with Crippen LogP contribution in [0.4, 0.5) is 20.2 Å². The van der Waals surface area contributed by atoms with Crippen LogP contribution in [0.2, 0.25) is 0 Å². The Kier molecular flexibility index (Phi) is 6.08. The predicted molar refractivity (Wildman–Crippen MR) is 105 cm³/mol. The third kappa shape index (κ3) is 5.52. The number of carbonyl (C=O) groups is 1. The Morgan fingerprint density at radius 3 is 2.21 bits per heavy atom. The number of benzene rings is 3. The van der Waals surface area contributed by atoms with E-state index in [1.165, 1.54) is 60.7 Å². The van der Waals surface area contributed by atoms with E-state index in [1.807, 2.05) is 0 Å². The first kappa shape index (κ1) is 20.3. The van der Waals surface area contributed by atoms with Gasteiger partial charge in [-0.25, -0.2) is 8.42 Å². The van der Waals surface area contributed by atoms with Crippen molar-refractivity contribution in [3.63, 3.8) is 0 Å². The van der Waals surface area contributed by atoms with Gasteiger partial charge in [0.2, 0.25) is 0 Å². The molecule has 0 heterocycles. The number of sulfonamides is 1. The van der Waals surface area contributed by atoms with Gasteiger partial charge in [-0.15, -0.1) is 0 Å². The first-order valence-corrected chi connectivity index (χ1v) is 9.86. The monoisotopic (exact) mass is 418 g/mol. The molecule has 0 aliphatic carbocycles. The molecular formula is C20H16F2N2O4S. The normalized spacial score (nSPS) is 11.1. The van der Waals surface area contributed by atoms with E-state index >= 15 is 0 Å². The van der Waals surface area contributed by atoms with Gasteiger partial charge in [0.1, 0.15) is 5.75 Å². The quantitative estimate of drug-likeness (QED) is 0.598. The summed E-state index contributed by atoms with van der Waals surface area (Å²) in [4.78, 5) is 12.5. The number of hydrogen-bond donors (Lipinski definition) is 2. The first-order valence-electron chi connectivity index (χ1n) is 8.38. The van der Waals surface area contributed by atoms with Crippen LogP contribution in [0.3, 0.4) is 0 Å². The van der Waals surface area contributed by atoms with Crippen molar-refractivity contribution in [2.24, 2.45) is 0 Å². The van der Waals surface area contributed by atoms with E-state index < -0.39 is 22.5 Å². The Morgan fingerprint density at radius 1 is 0.862 bits per heavy atom. The molecule has 0 saturated carbocycles. The molecule has 0 fully saturated rings. The number of halogens is 2. The van der Waals surface area contributed by atoms with Gasteiger partial charge in [0.25, 0.3) is 15.9 Å². The van der Waals surface area contributed by atoms with E-state index in [9.17, 15) is 22.0 Å². The number of rotatable bonds is 7. The van der Waals surface area contributed by atoms with Crippen LogP contribution in [0.25, 0.3) is 0 Å². The van der Waals surface area contributed by atoms with E-state index in [0.29, 0.717) is 5.69 Å². The molecular weight excluding hydrogens is 402 g/mol. The fourth-order valence-corrected chi connectivity index (χ4v) is 3.53. The second-order valence-electron chi connectivity index (χ2n) is 5.86. The lowest BCUT2D eigenvalue weighted by Gasteiger charge is -2.10. The van der Waals surface area contributed by atoms with Gasteiger partial charge in [-0.2, -0.15) is 8.78 Å². The summed E-state index contributed by atoms with van der Waals surface area (Å²) in [5.74, 6) is -0.524. The molecule has 0 unspecified atom stereocenters. The summed E-state index contributed by atoms with van der Waals surface area (Å²) in [6, 6.07) is 19.2. The topological polar surface area (TPSA) is 84.5 Å². The van der Waals surface area contributed by atoms with Gasteiger partial charge in [0.15, 0.2) is 0 Å². The molecule has 0 aliphatic rings. The van der Waals surface area contributed by atoms with Crippen LogP contribution >= 0.6 is 0 Å². The van der Waals surface area contributed by atoms with E-state index in [1.54, 1.807) is 18.2 Å². The highest BCUT2D eigenvalue weighted by Crippen LogP contribution is 2.20. The van der Waals surface area contributed by atoms with Crippen molar-refractivity contribution in [1.82, 2.24) is 0 Å². The van der Waals surface area contributed by atoms with Crippen LogP contribution in [0.1, 0.15) is 10.4 Å². The first-order chi connectivity index (χ1) is 13.8. The second-order valence-corrected chi connectivity index (χ2v) is 7.54. The SMILES string of the molecule is O=C(Nc1ccc(OC(F)F)cc1)c1cccc(NS(=O)(=O)c2ccccc2)c1. The van der Waals surface area contributed by atoms with Gasteiger partial charge in [-0.3, -0.25) is 9.52 Å². The molecule has 0 radical (unpaired) electrons. The van der Waals surface area contributed by atoms with Gasteiger partial charge < -0.3 is 10.1 Å². The zero-order valence-corrected chi connectivity index (χ0v) is 15.7. The average molecular weight is 418 g/mol. The zero-order chi connectivity index (χ0) is 20.9. The summed E-state index contributed by atoms with van der Waals surface area (Å²) in [6.45, 7) is -2.93. The highest BCUT2D eigenvalue weighted by atomic mass is 32.2. The van der Waals surface area contributed by atoms with E-state index in [2.05, 4.69) is 14.8 Å². The maximum absolute atomic E-state index is 12.4. The molecule has 3 aromatic carbocycles. The van der Waals surface area contributed by atoms with Crippen LogP contribution in [0.15, 0.2) is 83.8 Å². The van der Waals surface area contributed by atoms with Crippen molar-refractivity contribution >= 4 is 27.3 Å². The Balaban J connectivity index is 1.71. The van der Waals surface area contributed by atoms with Crippen LogP contribution in [0.5, 0.6) is 5.75 Å². The van der Waals surface area contributed by atoms with Crippen molar-refractivity contribution < 1.29 is 26.7 Å². The molecule has 2 N–H and O–H groups in total. The summed E-state index contributed by atoms with van der Waals surface area (Å²) in [6.07, 6.45) is 0. The third-order valence-electron chi connectivity index (χ3n) is 3.77. The molecule has 150 valence electrons. The Bertz CT molecular complexity index is 1090. The van der Waals surface area contributed by atoms with Crippen LogP contribution in [-0.2, 0) is 10.0 Å². The van der Waals surface area contributed by atoms with Gasteiger partial charge in [0, 0.05) is 16.9 Å². The lowest BCUT2D eigenvalue weighted by atomic mass is 10.2. The number of alkyl halides is 2. The minimum absolute atomic E-state index is 0.0321. The van der Waals surface area contributed by atoms with E-state index in [-0.39, 0.29) is 21.9 Å². The molecule has 0 saturated heterocycles. The number of nitrogens with one attached hydrogen (secondary N) is 2. The molecule has 0 aromatic heterocycles. The fraction of sp³-hybridized carbons (Fsp3) is 0.0500. The van der Waals surface area contributed by atoms with Crippen LogP contribution in [-0.4, -0.2) is 20.9 Å². The molecule has 3 aromatic rings. The summed E-state index contributed by atoms with van der Waals surface area (Å²) in [7, 11) is -3.79. The second kappa shape index (κ2) is 8.70. The lowest BCUT2D eigenvalue weighted by Crippen LogP contribution is -2.15. The molecule has 0 spiro atoms. The minimum Gasteiger partial charge on any atom is -0.435 e.